The standard InChI is InChI=1S/C13H16FNO2/c1-15(12(13(16)17)10-5-6-10)8-9-3-2-4-11(14)7-9/h2-4,7,10,12H,5-6,8H2,1H3,(H,16,17). The lowest BCUT2D eigenvalue weighted by molar-refractivity contribution is -0.143. The van der Waals surface area contributed by atoms with Crippen molar-refractivity contribution in [1.29, 1.82) is 0 Å². The van der Waals surface area contributed by atoms with Crippen LogP contribution in [0.1, 0.15) is 18.4 Å². The molecule has 92 valence electrons. The van der Waals surface area contributed by atoms with Crippen molar-refractivity contribution in [2.75, 3.05) is 7.05 Å². The zero-order chi connectivity index (χ0) is 12.4. The van der Waals surface area contributed by atoms with E-state index < -0.39 is 12.0 Å². The first kappa shape index (κ1) is 12.0. The molecule has 1 N–H and O–H groups in total. The Bertz CT molecular complexity index is 418. The summed E-state index contributed by atoms with van der Waals surface area (Å²) in [5, 5.41) is 9.17. The molecule has 2 rings (SSSR count). The summed E-state index contributed by atoms with van der Waals surface area (Å²) in [6, 6.07) is 5.84. The first-order chi connectivity index (χ1) is 8.08. The third-order valence-electron chi connectivity index (χ3n) is 3.12. The van der Waals surface area contributed by atoms with Gasteiger partial charge in [0.1, 0.15) is 11.9 Å². The van der Waals surface area contributed by atoms with Gasteiger partial charge in [-0.05, 0) is 43.5 Å². The fraction of sp³-hybridized carbons (Fsp3) is 0.462. The highest BCUT2D eigenvalue weighted by Gasteiger charge is 2.38. The van der Waals surface area contributed by atoms with Crippen molar-refractivity contribution in [3.05, 3.63) is 35.6 Å². The molecular weight excluding hydrogens is 221 g/mol. The Balaban J connectivity index is 2.04. The Hall–Kier alpha value is -1.42. The second-order valence-electron chi connectivity index (χ2n) is 4.67. The van der Waals surface area contributed by atoms with E-state index in [9.17, 15) is 14.3 Å². The van der Waals surface area contributed by atoms with Gasteiger partial charge in [0.15, 0.2) is 0 Å². The highest BCUT2D eigenvalue weighted by atomic mass is 19.1. The number of halogens is 1. The van der Waals surface area contributed by atoms with Crippen molar-refractivity contribution in [3.63, 3.8) is 0 Å². The molecule has 0 heterocycles. The lowest BCUT2D eigenvalue weighted by Gasteiger charge is -2.24. The number of carbonyl (C=O) groups is 1. The first-order valence-corrected chi connectivity index (χ1v) is 5.75. The lowest BCUT2D eigenvalue weighted by Crippen LogP contribution is -2.39. The third-order valence-corrected chi connectivity index (χ3v) is 3.12. The second-order valence-corrected chi connectivity index (χ2v) is 4.67. The Morgan fingerprint density at radius 2 is 2.29 bits per heavy atom. The van der Waals surface area contributed by atoms with E-state index in [-0.39, 0.29) is 11.7 Å². The van der Waals surface area contributed by atoms with Gasteiger partial charge in [0, 0.05) is 6.54 Å². The maximum absolute atomic E-state index is 13.0. The monoisotopic (exact) mass is 237 g/mol. The van der Waals surface area contributed by atoms with Crippen molar-refractivity contribution in [3.8, 4) is 0 Å². The SMILES string of the molecule is CN(Cc1cccc(F)c1)C(C(=O)O)C1CC1. The summed E-state index contributed by atoms with van der Waals surface area (Å²) in [7, 11) is 1.78. The highest BCUT2D eigenvalue weighted by molar-refractivity contribution is 5.74. The fourth-order valence-corrected chi connectivity index (χ4v) is 2.18. The van der Waals surface area contributed by atoms with Crippen LogP contribution in [-0.2, 0) is 11.3 Å². The summed E-state index contributed by atoms with van der Waals surface area (Å²) in [6.07, 6.45) is 1.95. The summed E-state index contributed by atoms with van der Waals surface area (Å²) < 4.78 is 13.0. The van der Waals surface area contributed by atoms with Crippen LogP contribution in [0.3, 0.4) is 0 Å². The van der Waals surface area contributed by atoms with Gasteiger partial charge in [-0.3, -0.25) is 9.69 Å². The van der Waals surface area contributed by atoms with E-state index in [1.54, 1.807) is 18.0 Å². The van der Waals surface area contributed by atoms with Crippen LogP contribution < -0.4 is 0 Å². The summed E-state index contributed by atoms with van der Waals surface area (Å²) in [6.45, 7) is 0.464. The largest absolute Gasteiger partial charge is 0.480 e. The zero-order valence-electron chi connectivity index (χ0n) is 9.77. The maximum atomic E-state index is 13.0. The number of aliphatic carboxylic acids is 1. The second kappa shape index (κ2) is 4.84. The molecule has 0 aliphatic heterocycles. The van der Waals surface area contributed by atoms with Crippen molar-refractivity contribution in [2.24, 2.45) is 5.92 Å². The van der Waals surface area contributed by atoms with E-state index in [0.29, 0.717) is 6.54 Å². The quantitative estimate of drug-likeness (QED) is 0.852. The average Bonchev–Trinajstić information content (AvgIpc) is 3.01. The molecule has 0 bridgehead atoms. The number of likely N-dealkylation sites (N-methyl/N-ethyl adjacent to an activating group) is 1. The number of nitrogens with zero attached hydrogens (tertiary/aromatic N) is 1. The van der Waals surface area contributed by atoms with E-state index in [1.807, 2.05) is 6.07 Å². The van der Waals surface area contributed by atoms with Crippen molar-refractivity contribution in [2.45, 2.75) is 25.4 Å². The molecule has 0 radical (unpaired) electrons. The van der Waals surface area contributed by atoms with Gasteiger partial charge in [-0.2, -0.15) is 0 Å². The van der Waals surface area contributed by atoms with E-state index >= 15 is 0 Å². The predicted molar refractivity (Wildman–Crippen MR) is 62.0 cm³/mol. The van der Waals surface area contributed by atoms with Crippen LogP contribution in [-0.4, -0.2) is 29.1 Å². The molecule has 0 amide bonds. The number of hydrogen-bond acceptors (Lipinski definition) is 2. The van der Waals surface area contributed by atoms with E-state index in [4.69, 9.17) is 0 Å². The number of carboxylic acid groups (broad SMARTS) is 1. The molecule has 1 unspecified atom stereocenters. The first-order valence-electron chi connectivity index (χ1n) is 5.75. The predicted octanol–water partition coefficient (Wildman–Crippen LogP) is 2.12. The topological polar surface area (TPSA) is 40.5 Å². The summed E-state index contributed by atoms with van der Waals surface area (Å²) in [4.78, 5) is 13.0. The van der Waals surface area contributed by atoms with E-state index in [1.165, 1.54) is 12.1 Å². The molecule has 17 heavy (non-hydrogen) atoms. The van der Waals surface area contributed by atoms with Crippen LogP contribution in [0.4, 0.5) is 4.39 Å². The van der Waals surface area contributed by atoms with Crippen molar-refractivity contribution >= 4 is 5.97 Å². The van der Waals surface area contributed by atoms with E-state index in [0.717, 1.165) is 18.4 Å². The fourth-order valence-electron chi connectivity index (χ4n) is 2.18. The molecule has 1 fully saturated rings. The molecule has 0 saturated heterocycles. The van der Waals surface area contributed by atoms with Gasteiger partial charge in [0.05, 0.1) is 0 Å². The van der Waals surface area contributed by atoms with Crippen molar-refractivity contribution < 1.29 is 14.3 Å². The minimum atomic E-state index is -0.786. The zero-order valence-corrected chi connectivity index (χ0v) is 9.77. The van der Waals surface area contributed by atoms with Crippen LogP contribution in [0.25, 0.3) is 0 Å². The van der Waals surface area contributed by atoms with Crippen LogP contribution in [0.5, 0.6) is 0 Å². The molecule has 0 spiro atoms. The van der Waals surface area contributed by atoms with Gasteiger partial charge in [-0.1, -0.05) is 12.1 Å². The number of rotatable bonds is 5. The molecule has 1 atom stereocenters. The van der Waals surface area contributed by atoms with Crippen LogP contribution in [0.15, 0.2) is 24.3 Å². The molecule has 1 aromatic carbocycles. The molecule has 0 aromatic heterocycles. The molecule has 1 saturated carbocycles. The summed E-state index contributed by atoms with van der Waals surface area (Å²) in [5.74, 6) is -0.813. The molecule has 3 nitrogen and oxygen atoms in total. The molecule has 1 aliphatic rings. The maximum Gasteiger partial charge on any atom is 0.321 e. The smallest absolute Gasteiger partial charge is 0.321 e. The van der Waals surface area contributed by atoms with Crippen LogP contribution >= 0.6 is 0 Å². The minimum absolute atomic E-state index is 0.256. The van der Waals surface area contributed by atoms with Gasteiger partial charge in [0.25, 0.3) is 0 Å². The van der Waals surface area contributed by atoms with Gasteiger partial charge in [0.2, 0.25) is 0 Å². The number of benzene rings is 1. The molecule has 1 aliphatic carbocycles. The van der Waals surface area contributed by atoms with Crippen molar-refractivity contribution in [1.82, 2.24) is 4.90 Å². The Kier molecular flexibility index (Phi) is 3.43. The van der Waals surface area contributed by atoms with Crippen LogP contribution in [0, 0.1) is 11.7 Å². The summed E-state index contributed by atoms with van der Waals surface area (Å²) >= 11 is 0. The van der Waals surface area contributed by atoms with Crippen LogP contribution in [0.2, 0.25) is 0 Å². The molecule has 4 heteroatoms. The lowest BCUT2D eigenvalue weighted by atomic mass is 10.1. The molecular formula is C13H16FNO2. The highest BCUT2D eigenvalue weighted by Crippen LogP contribution is 2.35. The Morgan fingerprint density at radius 1 is 1.59 bits per heavy atom. The van der Waals surface area contributed by atoms with Gasteiger partial charge in [-0.25, -0.2) is 4.39 Å². The van der Waals surface area contributed by atoms with Gasteiger partial charge < -0.3 is 5.11 Å². The third kappa shape index (κ3) is 3.03. The van der Waals surface area contributed by atoms with Gasteiger partial charge in [-0.15, -0.1) is 0 Å². The number of carboxylic acids is 1. The normalized spacial score (nSPS) is 17.1. The van der Waals surface area contributed by atoms with E-state index in [2.05, 4.69) is 0 Å². The molecule has 1 aromatic rings. The average molecular weight is 237 g/mol. The summed E-state index contributed by atoms with van der Waals surface area (Å²) in [5.41, 5.74) is 0.805. The minimum Gasteiger partial charge on any atom is -0.480 e. The van der Waals surface area contributed by atoms with Gasteiger partial charge >= 0.3 is 5.97 Å². The Morgan fingerprint density at radius 3 is 2.82 bits per heavy atom. The number of hydrogen-bond donors (Lipinski definition) is 1. The Labute approximate surface area is 99.9 Å².